The van der Waals surface area contributed by atoms with E-state index in [0.29, 0.717) is 5.54 Å². The van der Waals surface area contributed by atoms with Gasteiger partial charge in [0.2, 0.25) is 9.76 Å². The summed E-state index contributed by atoms with van der Waals surface area (Å²) in [7, 11) is -0.935. The molecule has 0 bridgehead atoms. The molecule has 11 heavy (non-hydrogen) atoms. The van der Waals surface area contributed by atoms with Crippen LogP contribution in [-0.4, -0.2) is 9.76 Å². The van der Waals surface area contributed by atoms with E-state index >= 15 is 0 Å². The lowest BCUT2D eigenvalue weighted by Crippen LogP contribution is -2.01. The first-order valence-electron chi connectivity index (χ1n) is 5.01. The third kappa shape index (κ3) is 3.92. The Bertz CT molecular complexity index is 85.6. The monoisotopic (exact) mass is 171 g/mol. The quantitative estimate of drug-likeness (QED) is 0.540. The molecule has 1 saturated carbocycles. The molecule has 1 aliphatic carbocycles. The van der Waals surface area contributed by atoms with Crippen molar-refractivity contribution in [3.63, 3.8) is 0 Å². The van der Waals surface area contributed by atoms with Crippen LogP contribution in [0.15, 0.2) is 0 Å². The van der Waals surface area contributed by atoms with Crippen molar-refractivity contribution < 1.29 is 4.80 Å². The molecule has 0 atom stereocenters. The molecule has 0 heterocycles. The minimum atomic E-state index is -0.935. The van der Waals surface area contributed by atoms with Crippen LogP contribution in [0.5, 0.6) is 0 Å². The van der Waals surface area contributed by atoms with Gasteiger partial charge < -0.3 is 4.80 Å². The zero-order valence-electron chi connectivity index (χ0n) is 7.35. The molecule has 65 valence electrons. The van der Waals surface area contributed by atoms with Crippen LogP contribution >= 0.6 is 0 Å². The Labute approximate surface area is 72.1 Å². The first kappa shape index (κ1) is 9.27. The molecule has 1 radical (unpaired) electrons. The molecule has 1 rings (SSSR count). The van der Waals surface area contributed by atoms with E-state index in [0.717, 1.165) is 0 Å². The lowest BCUT2D eigenvalue weighted by molar-refractivity contribution is 0.442. The second-order valence-electron chi connectivity index (χ2n) is 3.73. The summed E-state index contributed by atoms with van der Waals surface area (Å²) < 4.78 is 0. The molecule has 2 heteroatoms. The molecule has 0 amide bonds. The van der Waals surface area contributed by atoms with Crippen LogP contribution in [0, 0.1) is 0 Å². The fourth-order valence-corrected chi connectivity index (χ4v) is 2.79. The number of hydrogen-bond donors (Lipinski definition) is 0. The van der Waals surface area contributed by atoms with Crippen molar-refractivity contribution >= 4 is 9.76 Å². The Morgan fingerprint density at radius 1 is 0.818 bits per heavy atom. The molecule has 0 aromatic rings. The Balaban J connectivity index is 2.19. The minimum Gasteiger partial charge on any atom is -0.306 e. The van der Waals surface area contributed by atoms with E-state index in [1.807, 2.05) is 0 Å². The number of hydrogen-bond acceptors (Lipinski definition) is 0. The van der Waals surface area contributed by atoms with E-state index in [1.54, 1.807) is 0 Å². The van der Waals surface area contributed by atoms with Gasteiger partial charge in [0.15, 0.2) is 0 Å². The van der Waals surface area contributed by atoms with Gasteiger partial charge in [-0.3, -0.25) is 0 Å². The molecule has 1 fully saturated rings. The molecular weight excluding hydrogens is 152 g/mol. The third-order valence-electron chi connectivity index (χ3n) is 2.71. The van der Waals surface area contributed by atoms with Crippen molar-refractivity contribution in [3.8, 4) is 0 Å². The van der Waals surface area contributed by atoms with E-state index in [4.69, 9.17) is 0 Å². The van der Waals surface area contributed by atoms with Crippen molar-refractivity contribution in [1.29, 1.82) is 0 Å². The summed E-state index contributed by atoms with van der Waals surface area (Å²) in [6, 6.07) is 0. The third-order valence-corrected chi connectivity index (χ3v) is 4.00. The molecule has 0 aliphatic heterocycles. The average Bonchev–Trinajstić information content (AvgIpc) is 2.16. The topological polar surface area (TPSA) is 19.9 Å². The maximum Gasteiger partial charge on any atom is 0.210 e. The second-order valence-corrected chi connectivity index (χ2v) is 5.22. The van der Waals surface area contributed by atoms with Gasteiger partial charge in [-0.05, 0) is 5.54 Å². The van der Waals surface area contributed by atoms with E-state index in [-0.39, 0.29) is 0 Å². The highest BCUT2D eigenvalue weighted by atomic mass is 28.2. The molecule has 0 aromatic heterocycles. The first-order chi connectivity index (χ1) is 5.43. The van der Waals surface area contributed by atoms with Crippen molar-refractivity contribution in [2.75, 3.05) is 0 Å². The summed E-state index contributed by atoms with van der Waals surface area (Å²) in [6.45, 7) is 0. The Hall–Kier alpha value is 0.177. The van der Waals surface area contributed by atoms with Crippen LogP contribution in [-0.2, 0) is 4.80 Å². The maximum atomic E-state index is 10.8. The predicted molar refractivity (Wildman–Crippen MR) is 49.9 cm³/mol. The smallest absolute Gasteiger partial charge is 0.210 e. The summed E-state index contributed by atoms with van der Waals surface area (Å²) >= 11 is 0. The van der Waals surface area contributed by atoms with Gasteiger partial charge in [0.25, 0.3) is 0 Å². The second kappa shape index (κ2) is 5.78. The SMILES string of the molecule is [O][SiH2]C1CCCCCCCC1. The normalized spacial score (nSPS) is 24.8. The van der Waals surface area contributed by atoms with Gasteiger partial charge in [-0.25, -0.2) is 0 Å². The van der Waals surface area contributed by atoms with Crippen molar-refractivity contribution in [3.05, 3.63) is 0 Å². The van der Waals surface area contributed by atoms with Crippen LogP contribution in [0.1, 0.15) is 51.4 Å². The molecule has 0 saturated heterocycles. The van der Waals surface area contributed by atoms with Crippen LogP contribution in [0.25, 0.3) is 0 Å². The Morgan fingerprint density at radius 3 is 1.73 bits per heavy atom. The van der Waals surface area contributed by atoms with E-state index < -0.39 is 9.76 Å². The number of rotatable bonds is 1. The van der Waals surface area contributed by atoms with Gasteiger partial charge in [-0.2, -0.15) is 0 Å². The summed E-state index contributed by atoms with van der Waals surface area (Å²) in [5.41, 5.74) is 0.646. The fourth-order valence-electron chi connectivity index (χ4n) is 1.88. The highest BCUT2D eigenvalue weighted by Gasteiger charge is 2.10. The zero-order valence-corrected chi connectivity index (χ0v) is 8.76. The van der Waals surface area contributed by atoms with Gasteiger partial charge in [-0.15, -0.1) is 0 Å². The lowest BCUT2D eigenvalue weighted by Gasteiger charge is -2.09. The van der Waals surface area contributed by atoms with Crippen LogP contribution in [0.2, 0.25) is 5.54 Å². The van der Waals surface area contributed by atoms with Crippen molar-refractivity contribution in [2.24, 2.45) is 0 Å². The highest BCUT2D eigenvalue weighted by Crippen LogP contribution is 2.24. The van der Waals surface area contributed by atoms with Crippen molar-refractivity contribution in [1.82, 2.24) is 0 Å². The Kier molecular flexibility index (Phi) is 4.87. The van der Waals surface area contributed by atoms with E-state index in [1.165, 1.54) is 51.4 Å². The van der Waals surface area contributed by atoms with Gasteiger partial charge in [0.1, 0.15) is 0 Å². The van der Waals surface area contributed by atoms with Gasteiger partial charge in [-0.1, -0.05) is 51.4 Å². The van der Waals surface area contributed by atoms with Crippen LogP contribution < -0.4 is 0 Å². The largest absolute Gasteiger partial charge is 0.306 e. The molecule has 1 nitrogen and oxygen atoms in total. The first-order valence-corrected chi connectivity index (χ1v) is 6.41. The fraction of sp³-hybridized carbons (Fsp3) is 1.00. The molecule has 0 spiro atoms. The molecular formula is C9H19OSi. The predicted octanol–water partition coefficient (Wildman–Crippen LogP) is 2.42. The van der Waals surface area contributed by atoms with Gasteiger partial charge in [0, 0.05) is 0 Å². The Morgan fingerprint density at radius 2 is 1.27 bits per heavy atom. The molecule has 0 N–H and O–H groups in total. The van der Waals surface area contributed by atoms with Crippen molar-refractivity contribution in [2.45, 2.75) is 56.9 Å². The van der Waals surface area contributed by atoms with E-state index in [2.05, 4.69) is 0 Å². The maximum absolute atomic E-state index is 10.8. The summed E-state index contributed by atoms with van der Waals surface area (Å²) in [6.07, 6.45) is 10.8. The molecule has 0 unspecified atom stereocenters. The molecule has 1 aliphatic rings. The average molecular weight is 171 g/mol. The minimum absolute atomic E-state index is 0.646. The lowest BCUT2D eigenvalue weighted by atomic mass is 10.1. The zero-order chi connectivity index (χ0) is 7.94. The highest BCUT2D eigenvalue weighted by molar-refractivity contribution is 6.27. The standard InChI is InChI=1S/C9H19OSi/c10-11-9-7-5-3-1-2-4-6-8-9/h9H,1-8,11H2. The summed E-state index contributed by atoms with van der Waals surface area (Å²) in [4.78, 5) is 10.8. The van der Waals surface area contributed by atoms with Crippen LogP contribution in [0.3, 0.4) is 0 Å². The van der Waals surface area contributed by atoms with Gasteiger partial charge >= 0.3 is 0 Å². The van der Waals surface area contributed by atoms with Crippen LogP contribution in [0.4, 0.5) is 0 Å². The van der Waals surface area contributed by atoms with Gasteiger partial charge in [0.05, 0.1) is 0 Å². The summed E-state index contributed by atoms with van der Waals surface area (Å²) in [5, 5.41) is 0. The van der Waals surface area contributed by atoms with E-state index in [9.17, 15) is 4.80 Å². The molecule has 0 aromatic carbocycles. The summed E-state index contributed by atoms with van der Waals surface area (Å²) in [5.74, 6) is 0.